The molecule has 0 atom stereocenters. The molecule has 0 fully saturated rings. The fourth-order valence-electron chi connectivity index (χ4n) is 2.21. The summed E-state index contributed by atoms with van der Waals surface area (Å²) in [6, 6.07) is 9.67. The van der Waals surface area contributed by atoms with Crippen LogP contribution in [0.15, 0.2) is 58.4 Å². The standard InChI is InChI=1S/C16H16N4O3S2/c21-16(19-8-7-14-17-9-10-18-14)12-4-1-2-5-13(12)20-25(22,23)15-6-3-11-24-15/h1-6,9-11,20H,7-8H2,(H,17,18)(H,19,21). The second kappa shape index (κ2) is 7.49. The summed E-state index contributed by atoms with van der Waals surface area (Å²) in [5, 5.41) is 4.45. The van der Waals surface area contributed by atoms with Gasteiger partial charge in [0.2, 0.25) is 0 Å². The lowest BCUT2D eigenvalue weighted by atomic mass is 10.1. The van der Waals surface area contributed by atoms with E-state index in [1.54, 1.807) is 48.1 Å². The molecule has 0 aliphatic rings. The van der Waals surface area contributed by atoms with E-state index in [0.717, 1.165) is 17.2 Å². The number of amides is 1. The minimum absolute atomic E-state index is 0.195. The third-order valence-corrected chi connectivity index (χ3v) is 6.14. The normalized spacial score (nSPS) is 11.2. The minimum Gasteiger partial charge on any atom is -0.352 e. The lowest BCUT2D eigenvalue weighted by molar-refractivity contribution is 0.0955. The maximum absolute atomic E-state index is 12.4. The lowest BCUT2D eigenvalue weighted by Gasteiger charge is -2.11. The van der Waals surface area contributed by atoms with Gasteiger partial charge >= 0.3 is 0 Å². The van der Waals surface area contributed by atoms with Crippen molar-refractivity contribution in [2.24, 2.45) is 0 Å². The molecule has 0 spiro atoms. The van der Waals surface area contributed by atoms with Crippen molar-refractivity contribution in [1.82, 2.24) is 15.3 Å². The van der Waals surface area contributed by atoms with Gasteiger partial charge in [0.15, 0.2) is 0 Å². The average Bonchev–Trinajstić information content (AvgIpc) is 3.29. The number of sulfonamides is 1. The summed E-state index contributed by atoms with van der Waals surface area (Å²) in [5.41, 5.74) is 0.508. The second-order valence-corrected chi connectivity index (χ2v) is 7.98. The lowest BCUT2D eigenvalue weighted by Crippen LogP contribution is -2.27. The Bertz CT molecular complexity index is 936. The summed E-state index contributed by atoms with van der Waals surface area (Å²) in [7, 11) is -3.71. The quantitative estimate of drug-likeness (QED) is 0.588. The van der Waals surface area contributed by atoms with Crippen LogP contribution in [0.25, 0.3) is 0 Å². The summed E-state index contributed by atoms with van der Waals surface area (Å²) in [5.74, 6) is 0.419. The first-order valence-electron chi connectivity index (χ1n) is 7.48. The molecule has 0 aliphatic carbocycles. The van der Waals surface area contributed by atoms with E-state index in [0.29, 0.717) is 13.0 Å². The Morgan fingerprint density at radius 2 is 2.04 bits per heavy atom. The first kappa shape index (κ1) is 17.2. The number of carbonyl (C=O) groups excluding carboxylic acids is 1. The van der Waals surface area contributed by atoms with E-state index in [1.807, 2.05) is 0 Å². The van der Waals surface area contributed by atoms with Gasteiger partial charge in [-0.3, -0.25) is 9.52 Å². The molecule has 9 heteroatoms. The van der Waals surface area contributed by atoms with Gasteiger partial charge in [-0.25, -0.2) is 13.4 Å². The summed E-state index contributed by atoms with van der Waals surface area (Å²) in [4.78, 5) is 19.4. The molecule has 1 aromatic carbocycles. The molecule has 2 heterocycles. The van der Waals surface area contributed by atoms with Crippen molar-refractivity contribution >= 4 is 33.0 Å². The van der Waals surface area contributed by atoms with Gasteiger partial charge in [0.05, 0.1) is 11.3 Å². The van der Waals surface area contributed by atoms with Crippen molar-refractivity contribution in [3.63, 3.8) is 0 Å². The van der Waals surface area contributed by atoms with Crippen LogP contribution in [0.5, 0.6) is 0 Å². The monoisotopic (exact) mass is 376 g/mol. The number of H-pyrrole nitrogens is 1. The predicted octanol–water partition coefficient (Wildman–Crippen LogP) is 2.24. The molecule has 3 rings (SSSR count). The number of nitrogens with one attached hydrogen (secondary N) is 3. The van der Waals surface area contributed by atoms with Crippen molar-refractivity contribution in [2.75, 3.05) is 11.3 Å². The van der Waals surface area contributed by atoms with E-state index >= 15 is 0 Å². The summed E-state index contributed by atoms with van der Waals surface area (Å²) in [6.45, 7) is 0.387. The topological polar surface area (TPSA) is 104 Å². The van der Waals surface area contributed by atoms with Gasteiger partial charge in [-0.2, -0.15) is 0 Å². The SMILES string of the molecule is O=C(NCCc1ncc[nH]1)c1ccccc1NS(=O)(=O)c1cccs1. The van der Waals surface area contributed by atoms with E-state index in [2.05, 4.69) is 20.0 Å². The minimum atomic E-state index is -3.71. The van der Waals surface area contributed by atoms with Crippen molar-refractivity contribution < 1.29 is 13.2 Å². The maximum atomic E-state index is 12.4. The van der Waals surface area contributed by atoms with Crippen LogP contribution in [-0.2, 0) is 16.4 Å². The molecule has 3 N–H and O–H groups in total. The zero-order valence-corrected chi connectivity index (χ0v) is 14.7. The van der Waals surface area contributed by atoms with Gasteiger partial charge in [0, 0.05) is 25.4 Å². The Labute approximate surface area is 149 Å². The number of imidazole rings is 1. The highest BCUT2D eigenvalue weighted by Gasteiger charge is 2.19. The second-order valence-electron chi connectivity index (χ2n) is 5.12. The average molecular weight is 376 g/mol. The van der Waals surface area contributed by atoms with Gasteiger partial charge in [-0.1, -0.05) is 18.2 Å². The van der Waals surface area contributed by atoms with Crippen LogP contribution in [0.2, 0.25) is 0 Å². The smallest absolute Gasteiger partial charge is 0.271 e. The molecule has 0 saturated heterocycles. The Balaban J connectivity index is 1.71. The van der Waals surface area contributed by atoms with E-state index in [-0.39, 0.29) is 21.4 Å². The van der Waals surface area contributed by atoms with E-state index in [1.165, 1.54) is 6.07 Å². The van der Waals surface area contributed by atoms with Gasteiger partial charge in [-0.15, -0.1) is 11.3 Å². The summed E-state index contributed by atoms with van der Waals surface area (Å²) in [6.07, 6.45) is 3.92. The first-order valence-corrected chi connectivity index (χ1v) is 9.84. The zero-order chi connectivity index (χ0) is 17.7. The number of hydrogen-bond acceptors (Lipinski definition) is 5. The molecule has 2 aromatic heterocycles. The van der Waals surface area contributed by atoms with Crippen molar-refractivity contribution in [1.29, 1.82) is 0 Å². The third kappa shape index (κ3) is 4.25. The fraction of sp³-hybridized carbons (Fsp3) is 0.125. The number of thiophene rings is 1. The number of anilines is 1. The van der Waals surface area contributed by atoms with Crippen molar-refractivity contribution in [3.8, 4) is 0 Å². The van der Waals surface area contributed by atoms with E-state index in [4.69, 9.17) is 0 Å². The number of rotatable bonds is 7. The summed E-state index contributed by atoms with van der Waals surface area (Å²) < 4.78 is 27.4. The molecule has 3 aromatic rings. The molecule has 130 valence electrons. The largest absolute Gasteiger partial charge is 0.352 e. The highest BCUT2D eigenvalue weighted by atomic mass is 32.2. The Morgan fingerprint density at radius 1 is 1.20 bits per heavy atom. The molecule has 0 unspecified atom stereocenters. The first-order chi connectivity index (χ1) is 12.1. The Kier molecular flexibility index (Phi) is 5.15. The molecule has 7 nitrogen and oxygen atoms in total. The number of nitrogens with zero attached hydrogens (tertiary/aromatic N) is 1. The molecule has 0 bridgehead atoms. The molecular formula is C16H16N4O3S2. The zero-order valence-electron chi connectivity index (χ0n) is 13.1. The number of benzene rings is 1. The molecule has 0 radical (unpaired) electrons. The fourth-order valence-corrected chi connectivity index (χ4v) is 4.28. The van der Waals surface area contributed by atoms with Crippen LogP contribution in [-0.4, -0.2) is 30.8 Å². The van der Waals surface area contributed by atoms with Crippen LogP contribution in [0, 0.1) is 0 Å². The number of hydrogen-bond donors (Lipinski definition) is 3. The number of para-hydroxylation sites is 1. The van der Waals surface area contributed by atoms with Gasteiger partial charge in [0.25, 0.3) is 15.9 Å². The van der Waals surface area contributed by atoms with Gasteiger partial charge < -0.3 is 10.3 Å². The van der Waals surface area contributed by atoms with Crippen LogP contribution >= 0.6 is 11.3 Å². The number of carbonyl (C=O) groups is 1. The molecule has 25 heavy (non-hydrogen) atoms. The van der Waals surface area contributed by atoms with Crippen LogP contribution in [0.4, 0.5) is 5.69 Å². The van der Waals surface area contributed by atoms with Crippen LogP contribution in [0.3, 0.4) is 0 Å². The Morgan fingerprint density at radius 3 is 2.76 bits per heavy atom. The van der Waals surface area contributed by atoms with Crippen LogP contribution in [0.1, 0.15) is 16.2 Å². The number of aromatic nitrogens is 2. The van der Waals surface area contributed by atoms with Gasteiger partial charge in [-0.05, 0) is 23.6 Å². The predicted molar refractivity (Wildman–Crippen MR) is 96.2 cm³/mol. The van der Waals surface area contributed by atoms with Crippen molar-refractivity contribution in [2.45, 2.75) is 10.6 Å². The van der Waals surface area contributed by atoms with Crippen molar-refractivity contribution in [3.05, 3.63) is 65.6 Å². The highest BCUT2D eigenvalue weighted by molar-refractivity contribution is 7.94. The molecule has 0 aliphatic heterocycles. The highest BCUT2D eigenvalue weighted by Crippen LogP contribution is 2.22. The molecule has 1 amide bonds. The Hall–Kier alpha value is -2.65. The van der Waals surface area contributed by atoms with Gasteiger partial charge in [0.1, 0.15) is 10.0 Å². The van der Waals surface area contributed by atoms with E-state index in [9.17, 15) is 13.2 Å². The molecule has 0 saturated carbocycles. The van der Waals surface area contributed by atoms with E-state index < -0.39 is 10.0 Å². The molecular weight excluding hydrogens is 360 g/mol. The third-order valence-electron chi connectivity index (χ3n) is 3.38. The summed E-state index contributed by atoms with van der Waals surface area (Å²) >= 11 is 1.11. The van der Waals surface area contributed by atoms with Crippen LogP contribution < -0.4 is 10.0 Å². The number of aromatic amines is 1. The maximum Gasteiger partial charge on any atom is 0.271 e.